The number of para-hydroxylation sites is 2. The number of aromatic nitrogens is 2. The van der Waals surface area contributed by atoms with Gasteiger partial charge in [0.1, 0.15) is 11.6 Å². The van der Waals surface area contributed by atoms with Crippen molar-refractivity contribution in [2.45, 2.75) is 0 Å². The van der Waals surface area contributed by atoms with Crippen LogP contribution in [0.3, 0.4) is 0 Å². The molecular weight excluding hydrogens is 346 g/mol. The van der Waals surface area contributed by atoms with Crippen LogP contribution in [0.25, 0.3) is 0 Å². The SMILES string of the molecule is Nc1nc(Nc2ccccc2F)nc(Nc2ccccc2F)c1[N+](=O)[O-]. The summed E-state index contributed by atoms with van der Waals surface area (Å²) in [6, 6.07) is 11.3. The molecule has 10 heteroatoms. The van der Waals surface area contributed by atoms with Gasteiger partial charge in [-0.15, -0.1) is 0 Å². The molecule has 132 valence electrons. The summed E-state index contributed by atoms with van der Waals surface area (Å²) in [5, 5.41) is 16.4. The zero-order valence-corrected chi connectivity index (χ0v) is 13.1. The Morgan fingerprint density at radius 3 is 2.00 bits per heavy atom. The Hall–Kier alpha value is -3.82. The number of halogens is 2. The molecule has 1 heterocycles. The molecule has 0 aliphatic carbocycles. The number of benzene rings is 2. The van der Waals surface area contributed by atoms with Crippen molar-refractivity contribution >= 4 is 34.6 Å². The molecule has 0 aliphatic heterocycles. The first-order valence-electron chi connectivity index (χ1n) is 7.30. The second kappa shape index (κ2) is 6.97. The third-order valence-electron chi connectivity index (χ3n) is 3.34. The molecule has 26 heavy (non-hydrogen) atoms. The summed E-state index contributed by atoms with van der Waals surface area (Å²) in [5.74, 6) is -2.18. The van der Waals surface area contributed by atoms with E-state index in [0.717, 1.165) is 0 Å². The number of hydrogen-bond donors (Lipinski definition) is 3. The lowest BCUT2D eigenvalue weighted by Crippen LogP contribution is -2.09. The third-order valence-corrected chi connectivity index (χ3v) is 3.34. The molecule has 0 amide bonds. The monoisotopic (exact) mass is 358 g/mol. The minimum Gasteiger partial charge on any atom is -0.378 e. The average Bonchev–Trinajstić information content (AvgIpc) is 2.58. The Balaban J connectivity index is 2.03. The fourth-order valence-corrected chi connectivity index (χ4v) is 2.17. The maximum Gasteiger partial charge on any atom is 0.353 e. The van der Waals surface area contributed by atoms with Gasteiger partial charge in [-0.05, 0) is 24.3 Å². The minimum atomic E-state index is -0.786. The van der Waals surface area contributed by atoms with Gasteiger partial charge in [-0.2, -0.15) is 9.97 Å². The number of hydrogen-bond acceptors (Lipinski definition) is 7. The zero-order chi connectivity index (χ0) is 18.7. The molecule has 0 spiro atoms. The van der Waals surface area contributed by atoms with Gasteiger partial charge < -0.3 is 16.4 Å². The van der Waals surface area contributed by atoms with Gasteiger partial charge in [0.2, 0.25) is 17.6 Å². The molecule has 8 nitrogen and oxygen atoms in total. The van der Waals surface area contributed by atoms with Crippen molar-refractivity contribution in [2.75, 3.05) is 16.4 Å². The van der Waals surface area contributed by atoms with Gasteiger partial charge in [0.15, 0.2) is 0 Å². The number of nitrogens with zero attached hydrogens (tertiary/aromatic N) is 3. The van der Waals surface area contributed by atoms with Gasteiger partial charge in [-0.1, -0.05) is 24.3 Å². The lowest BCUT2D eigenvalue weighted by molar-refractivity contribution is -0.383. The molecule has 0 saturated carbocycles. The normalized spacial score (nSPS) is 10.4. The van der Waals surface area contributed by atoms with E-state index in [1.807, 2.05) is 0 Å². The van der Waals surface area contributed by atoms with Gasteiger partial charge >= 0.3 is 5.69 Å². The fourth-order valence-electron chi connectivity index (χ4n) is 2.17. The standard InChI is InChI=1S/C16H12F2N6O2/c17-9-5-1-3-7-11(9)20-15-13(24(25)26)14(19)22-16(23-15)21-12-8-4-2-6-10(12)18/h1-8H,(H4,19,20,21,22,23). The third kappa shape index (κ3) is 3.48. The minimum absolute atomic E-state index is 0.0365. The zero-order valence-electron chi connectivity index (χ0n) is 13.1. The van der Waals surface area contributed by atoms with Crippen LogP contribution in [0.4, 0.5) is 43.4 Å². The Morgan fingerprint density at radius 2 is 1.46 bits per heavy atom. The first-order valence-corrected chi connectivity index (χ1v) is 7.30. The highest BCUT2D eigenvalue weighted by molar-refractivity contribution is 5.75. The number of nitrogen functional groups attached to an aromatic ring is 1. The van der Waals surface area contributed by atoms with E-state index in [4.69, 9.17) is 5.73 Å². The summed E-state index contributed by atoms with van der Waals surface area (Å²) >= 11 is 0. The first-order chi connectivity index (χ1) is 12.5. The maximum absolute atomic E-state index is 13.8. The largest absolute Gasteiger partial charge is 0.378 e. The molecule has 0 atom stereocenters. The van der Waals surface area contributed by atoms with E-state index in [1.54, 1.807) is 12.1 Å². The van der Waals surface area contributed by atoms with Gasteiger partial charge in [0.25, 0.3) is 0 Å². The summed E-state index contributed by atoms with van der Waals surface area (Å²) in [6.07, 6.45) is 0. The number of rotatable bonds is 5. The molecule has 3 rings (SSSR count). The number of nitrogens with one attached hydrogen (secondary N) is 2. The lowest BCUT2D eigenvalue weighted by atomic mass is 10.3. The highest BCUT2D eigenvalue weighted by Crippen LogP contribution is 2.32. The van der Waals surface area contributed by atoms with Crippen molar-refractivity contribution in [1.29, 1.82) is 0 Å². The van der Waals surface area contributed by atoms with E-state index in [-0.39, 0.29) is 23.1 Å². The fraction of sp³-hybridized carbons (Fsp3) is 0. The predicted octanol–water partition coefficient (Wildman–Crippen LogP) is 3.73. The quantitative estimate of drug-likeness (QED) is 0.469. The Labute approximate surface area is 145 Å². The van der Waals surface area contributed by atoms with Crippen LogP contribution in [0.2, 0.25) is 0 Å². The topological polar surface area (TPSA) is 119 Å². The molecule has 0 unspecified atom stereocenters. The van der Waals surface area contributed by atoms with Crippen LogP contribution in [0, 0.1) is 21.7 Å². The van der Waals surface area contributed by atoms with Crippen LogP contribution in [0.1, 0.15) is 0 Å². The lowest BCUT2D eigenvalue weighted by Gasteiger charge is -2.11. The van der Waals surface area contributed by atoms with E-state index in [0.29, 0.717) is 0 Å². The second-order valence-electron chi connectivity index (χ2n) is 5.10. The van der Waals surface area contributed by atoms with Crippen LogP contribution in [0.5, 0.6) is 0 Å². The van der Waals surface area contributed by atoms with Crippen LogP contribution in [0.15, 0.2) is 48.5 Å². The summed E-state index contributed by atoms with van der Waals surface area (Å²) in [4.78, 5) is 18.2. The van der Waals surface area contributed by atoms with Crippen molar-refractivity contribution < 1.29 is 13.7 Å². The van der Waals surface area contributed by atoms with Crippen LogP contribution < -0.4 is 16.4 Å². The highest BCUT2D eigenvalue weighted by atomic mass is 19.1. The predicted molar refractivity (Wildman–Crippen MR) is 92.5 cm³/mol. The number of nitrogens with two attached hydrogens (primary N) is 1. The van der Waals surface area contributed by atoms with Gasteiger partial charge in [-0.25, -0.2) is 8.78 Å². The van der Waals surface area contributed by atoms with Crippen molar-refractivity contribution in [3.05, 3.63) is 70.3 Å². The van der Waals surface area contributed by atoms with E-state index in [1.165, 1.54) is 36.4 Å². The molecule has 3 aromatic rings. The van der Waals surface area contributed by atoms with E-state index >= 15 is 0 Å². The van der Waals surface area contributed by atoms with E-state index < -0.39 is 28.1 Å². The van der Waals surface area contributed by atoms with Crippen molar-refractivity contribution in [3.8, 4) is 0 Å². The second-order valence-corrected chi connectivity index (χ2v) is 5.10. The molecule has 2 aromatic carbocycles. The van der Waals surface area contributed by atoms with Crippen molar-refractivity contribution in [3.63, 3.8) is 0 Å². The summed E-state index contributed by atoms with van der Waals surface area (Å²) in [7, 11) is 0. The summed E-state index contributed by atoms with van der Waals surface area (Å²) in [6.45, 7) is 0. The molecule has 0 saturated heterocycles. The van der Waals surface area contributed by atoms with Crippen LogP contribution in [-0.4, -0.2) is 14.9 Å². The number of nitro groups is 1. The molecule has 0 bridgehead atoms. The van der Waals surface area contributed by atoms with Crippen LogP contribution in [-0.2, 0) is 0 Å². The summed E-state index contributed by atoms with van der Waals surface area (Å²) < 4.78 is 27.6. The number of anilines is 5. The molecule has 0 fully saturated rings. The molecular formula is C16H12F2N6O2. The molecule has 0 radical (unpaired) electrons. The highest BCUT2D eigenvalue weighted by Gasteiger charge is 2.24. The Bertz CT molecular complexity index is 983. The average molecular weight is 358 g/mol. The van der Waals surface area contributed by atoms with Crippen molar-refractivity contribution in [2.24, 2.45) is 0 Å². The van der Waals surface area contributed by atoms with Gasteiger partial charge in [0.05, 0.1) is 16.3 Å². The Morgan fingerprint density at radius 1 is 0.923 bits per heavy atom. The van der Waals surface area contributed by atoms with E-state index in [2.05, 4.69) is 20.6 Å². The summed E-state index contributed by atoms with van der Waals surface area (Å²) in [5.41, 5.74) is 5.04. The molecule has 1 aromatic heterocycles. The van der Waals surface area contributed by atoms with Crippen LogP contribution >= 0.6 is 0 Å². The smallest absolute Gasteiger partial charge is 0.353 e. The van der Waals surface area contributed by atoms with Crippen molar-refractivity contribution in [1.82, 2.24) is 9.97 Å². The van der Waals surface area contributed by atoms with Gasteiger partial charge in [0, 0.05) is 0 Å². The maximum atomic E-state index is 13.8. The first kappa shape index (κ1) is 17.0. The Kier molecular flexibility index (Phi) is 4.56. The van der Waals surface area contributed by atoms with Gasteiger partial charge in [-0.3, -0.25) is 10.1 Å². The van der Waals surface area contributed by atoms with E-state index in [9.17, 15) is 18.9 Å². The molecule has 0 aliphatic rings. The molecule has 4 N–H and O–H groups in total.